The van der Waals surface area contributed by atoms with Gasteiger partial charge in [0.1, 0.15) is 6.10 Å². The number of carbonyl (C=O) groups excluding carboxylic acids is 2. The Morgan fingerprint density at radius 3 is 2.43 bits per heavy atom. The minimum Gasteiger partial charge on any atom is -0.446 e. The molecular formula is C23H29N3O4. The van der Waals surface area contributed by atoms with Gasteiger partial charge in [0.05, 0.1) is 6.04 Å². The number of nitrogens with two attached hydrogens (primary N) is 1. The van der Waals surface area contributed by atoms with Crippen molar-refractivity contribution in [3.8, 4) is 11.1 Å². The second-order valence-electron chi connectivity index (χ2n) is 8.60. The number of primary amides is 1. The molecule has 2 N–H and O–H groups in total. The van der Waals surface area contributed by atoms with Crippen molar-refractivity contribution < 1.29 is 14.3 Å². The summed E-state index contributed by atoms with van der Waals surface area (Å²) in [5.74, 6) is -0.397. The van der Waals surface area contributed by atoms with Crippen LogP contribution in [0.25, 0.3) is 11.1 Å². The van der Waals surface area contributed by atoms with E-state index in [1.165, 1.54) is 4.57 Å². The molecular weight excluding hydrogens is 382 g/mol. The summed E-state index contributed by atoms with van der Waals surface area (Å²) in [5.41, 5.74) is 7.44. The Bertz CT molecular complexity index is 994. The van der Waals surface area contributed by atoms with E-state index in [-0.39, 0.29) is 23.8 Å². The van der Waals surface area contributed by atoms with Gasteiger partial charge in [0.15, 0.2) is 0 Å². The minimum absolute atomic E-state index is 0.0601. The third-order valence-corrected chi connectivity index (χ3v) is 5.90. The molecule has 1 aliphatic rings. The van der Waals surface area contributed by atoms with Crippen molar-refractivity contribution in [1.29, 1.82) is 0 Å². The maximum Gasteiger partial charge on any atom is 0.410 e. The fraction of sp³-hybridized carbons (Fsp3) is 0.435. The molecule has 2 unspecified atom stereocenters. The van der Waals surface area contributed by atoms with Crippen LogP contribution in [0.5, 0.6) is 0 Å². The maximum absolute atomic E-state index is 12.6. The van der Waals surface area contributed by atoms with Crippen LogP contribution in [0.2, 0.25) is 0 Å². The summed E-state index contributed by atoms with van der Waals surface area (Å²) in [4.78, 5) is 37.7. The second kappa shape index (κ2) is 8.34. The fourth-order valence-electron chi connectivity index (χ4n) is 3.67. The summed E-state index contributed by atoms with van der Waals surface area (Å²) in [6, 6.07) is 11.2. The quantitative estimate of drug-likeness (QED) is 0.790. The Morgan fingerprint density at radius 1 is 1.20 bits per heavy atom. The van der Waals surface area contributed by atoms with Crippen LogP contribution in [0, 0.1) is 5.41 Å². The number of hydrogen-bond acceptors (Lipinski definition) is 4. The molecule has 160 valence electrons. The molecule has 0 spiro atoms. The number of amides is 2. The molecule has 7 nitrogen and oxygen atoms in total. The fourth-order valence-corrected chi connectivity index (χ4v) is 3.67. The van der Waals surface area contributed by atoms with E-state index in [1.54, 1.807) is 38.1 Å². The summed E-state index contributed by atoms with van der Waals surface area (Å²) in [7, 11) is 1.72. The van der Waals surface area contributed by atoms with Crippen molar-refractivity contribution in [1.82, 2.24) is 9.47 Å². The van der Waals surface area contributed by atoms with E-state index in [1.807, 2.05) is 37.3 Å². The molecule has 0 aliphatic carbocycles. The van der Waals surface area contributed by atoms with Crippen LogP contribution < -0.4 is 11.3 Å². The highest BCUT2D eigenvalue weighted by molar-refractivity contribution is 5.80. The van der Waals surface area contributed by atoms with E-state index in [4.69, 9.17) is 10.5 Å². The molecule has 0 saturated carbocycles. The Morgan fingerprint density at radius 2 is 1.87 bits per heavy atom. The van der Waals surface area contributed by atoms with Crippen LogP contribution in [0.4, 0.5) is 4.79 Å². The zero-order valence-electron chi connectivity index (χ0n) is 17.9. The summed E-state index contributed by atoms with van der Waals surface area (Å²) in [6.45, 7) is 6.04. The highest BCUT2D eigenvalue weighted by Gasteiger charge is 2.36. The molecule has 0 radical (unpaired) electrons. The molecule has 1 aliphatic heterocycles. The van der Waals surface area contributed by atoms with E-state index in [9.17, 15) is 14.4 Å². The molecule has 3 rings (SSSR count). The zero-order chi connectivity index (χ0) is 22.1. The van der Waals surface area contributed by atoms with Gasteiger partial charge >= 0.3 is 6.09 Å². The number of nitrogens with zero attached hydrogens (tertiary/aromatic N) is 2. The molecule has 1 aromatic heterocycles. The number of carbonyl (C=O) groups is 2. The van der Waals surface area contributed by atoms with Gasteiger partial charge in [0.2, 0.25) is 5.91 Å². The first-order chi connectivity index (χ1) is 14.1. The zero-order valence-corrected chi connectivity index (χ0v) is 17.9. The lowest BCUT2D eigenvalue weighted by molar-refractivity contribution is -0.128. The van der Waals surface area contributed by atoms with Crippen molar-refractivity contribution >= 4 is 12.0 Å². The predicted molar refractivity (Wildman–Crippen MR) is 115 cm³/mol. The van der Waals surface area contributed by atoms with Crippen LogP contribution in [0.3, 0.4) is 0 Å². The Kier molecular flexibility index (Phi) is 6.01. The Balaban J connectivity index is 1.67. The van der Waals surface area contributed by atoms with Gasteiger partial charge in [-0.2, -0.15) is 0 Å². The lowest BCUT2D eigenvalue weighted by Crippen LogP contribution is -2.45. The minimum atomic E-state index is -0.715. The maximum atomic E-state index is 12.6. The number of hydrogen-bond donors (Lipinski definition) is 1. The van der Waals surface area contributed by atoms with Crippen molar-refractivity contribution in [3.05, 3.63) is 58.5 Å². The standard InChI is InChI=1S/C23H29N3O4/c1-15(26-12-10-19(30-22(26)29)14-23(2,3)21(24)28)16-5-7-17(8-6-16)18-9-11-25(4)20(27)13-18/h5-9,11,13,15,19H,10,12,14H2,1-4H3,(H2,24,28). The van der Waals surface area contributed by atoms with Crippen LogP contribution in [-0.4, -0.2) is 34.1 Å². The van der Waals surface area contributed by atoms with Gasteiger partial charge in [-0.15, -0.1) is 0 Å². The van der Waals surface area contributed by atoms with Crippen molar-refractivity contribution in [3.63, 3.8) is 0 Å². The summed E-state index contributed by atoms with van der Waals surface area (Å²) in [6.07, 6.45) is 2.12. The molecule has 2 atom stereocenters. The van der Waals surface area contributed by atoms with Crippen molar-refractivity contribution in [2.24, 2.45) is 18.2 Å². The molecule has 2 amide bonds. The highest BCUT2D eigenvalue weighted by Crippen LogP contribution is 2.31. The smallest absolute Gasteiger partial charge is 0.410 e. The number of benzene rings is 1. The van der Waals surface area contributed by atoms with Gasteiger partial charge in [-0.3, -0.25) is 9.59 Å². The van der Waals surface area contributed by atoms with E-state index >= 15 is 0 Å². The highest BCUT2D eigenvalue weighted by atomic mass is 16.6. The van der Waals surface area contributed by atoms with Crippen molar-refractivity contribution in [2.75, 3.05) is 6.54 Å². The molecule has 1 fully saturated rings. The molecule has 1 saturated heterocycles. The van der Waals surface area contributed by atoms with E-state index in [2.05, 4.69) is 0 Å². The predicted octanol–water partition coefficient (Wildman–Crippen LogP) is 3.23. The first-order valence-electron chi connectivity index (χ1n) is 10.1. The first-order valence-corrected chi connectivity index (χ1v) is 10.1. The third kappa shape index (κ3) is 4.56. The van der Waals surface area contributed by atoms with E-state index in [0.717, 1.165) is 16.7 Å². The number of ether oxygens (including phenoxy) is 1. The van der Waals surface area contributed by atoms with Crippen LogP contribution in [0.15, 0.2) is 47.4 Å². The van der Waals surface area contributed by atoms with E-state index < -0.39 is 11.3 Å². The average molecular weight is 412 g/mol. The SMILES string of the molecule is CC(c1ccc(-c2ccn(C)c(=O)c2)cc1)N1CCC(CC(C)(C)C(N)=O)OC1=O. The number of cyclic esters (lactones) is 1. The summed E-state index contributed by atoms with van der Waals surface area (Å²) >= 11 is 0. The van der Waals surface area contributed by atoms with Crippen LogP contribution in [-0.2, 0) is 16.6 Å². The normalized spacial score (nSPS) is 18.1. The Labute approximate surface area is 176 Å². The van der Waals surface area contributed by atoms with Crippen LogP contribution >= 0.6 is 0 Å². The molecule has 2 heterocycles. The molecule has 1 aromatic carbocycles. The van der Waals surface area contributed by atoms with Gasteiger partial charge in [-0.25, -0.2) is 4.79 Å². The topological polar surface area (TPSA) is 94.6 Å². The summed E-state index contributed by atoms with van der Waals surface area (Å²) < 4.78 is 7.11. The number of pyridine rings is 1. The molecule has 0 bridgehead atoms. The number of rotatable bonds is 6. The van der Waals surface area contributed by atoms with E-state index in [0.29, 0.717) is 19.4 Å². The number of aromatic nitrogens is 1. The van der Waals surface area contributed by atoms with Gasteiger partial charge in [0.25, 0.3) is 5.56 Å². The Hall–Kier alpha value is -3.09. The average Bonchev–Trinajstić information content (AvgIpc) is 2.69. The monoisotopic (exact) mass is 411 g/mol. The molecule has 2 aromatic rings. The third-order valence-electron chi connectivity index (χ3n) is 5.90. The largest absolute Gasteiger partial charge is 0.446 e. The van der Waals surface area contributed by atoms with Gasteiger partial charge in [-0.05, 0) is 36.1 Å². The lowest BCUT2D eigenvalue weighted by atomic mass is 9.84. The lowest BCUT2D eigenvalue weighted by Gasteiger charge is -2.37. The van der Waals surface area contributed by atoms with Crippen LogP contribution in [0.1, 0.15) is 45.2 Å². The second-order valence-corrected chi connectivity index (χ2v) is 8.60. The van der Waals surface area contributed by atoms with Gasteiger partial charge in [-0.1, -0.05) is 38.1 Å². The molecule has 30 heavy (non-hydrogen) atoms. The summed E-state index contributed by atoms with van der Waals surface area (Å²) in [5, 5.41) is 0. The van der Waals surface area contributed by atoms with Gasteiger partial charge in [0, 0.05) is 37.7 Å². The van der Waals surface area contributed by atoms with Gasteiger partial charge < -0.3 is 19.9 Å². The van der Waals surface area contributed by atoms with Crippen molar-refractivity contribution in [2.45, 2.75) is 45.8 Å². The molecule has 7 heteroatoms. The number of aryl methyl sites for hydroxylation is 1. The first kappa shape index (κ1) is 21.6.